The van der Waals surface area contributed by atoms with Gasteiger partial charge in [0.15, 0.2) is 5.76 Å². The zero-order valence-electron chi connectivity index (χ0n) is 18.0. The third kappa shape index (κ3) is 4.63. The Kier molecular flexibility index (Phi) is 6.64. The van der Waals surface area contributed by atoms with Gasteiger partial charge in [-0.2, -0.15) is 4.31 Å². The Bertz CT molecular complexity index is 1250. The molecule has 0 atom stereocenters. The Balaban J connectivity index is 1.76. The van der Waals surface area contributed by atoms with Gasteiger partial charge in [0.2, 0.25) is 15.9 Å². The molecular formula is C18H21N5O9S. The maximum atomic E-state index is 12.9. The fourth-order valence-electron chi connectivity index (χ4n) is 3.49. The fraction of sp³-hybridized carbons (Fsp3) is 0.444. The van der Waals surface area contributed by atoms with Gasteiger partial charge in [0, 0.05) is 38.4 Å². The molecule has 1 aliphatic heterocycles. The first-order valence-corrected chi connectivity index (χ1v) is 11.1. The molecule has 178 valence electrons. The van der Waals surface area contributed by atoms with Crippen molar-refractivity contribution in [2.45, 2.75) is 25.3 Å². The second-order valence-electron chi connectivity index (χ2n) is 7.23. The minimum atomic E-state index is -3.87. The molecule has 15 heteroatoms. The van der Waals surface area contributed by atoms with E-state index in [1.807, 2.05) is 0 Å². The van der Waals surface area contributed by atoms with Gasteiger partial charge in [-0.15, -0.1) is 0 Å². The SMILES string of the molecule is COC(=O)c1cc([N+](=O)[O-])c(=O)n(CC(=O)N2CCN(S(=O)(=O)c3c(C)noc3C)CC2)c1. The lowest BCUT2D eigenvalue weighted by Gasteiger charge is -2.34. The third-order valence-electron chi connectivity index (χ3n) is 5.15. The molecule has 1 amide bonds. The number of pyridine rings is 1. The summed E-state index contributed by atoms with van der Waals surface area (Å²) in [5.41, 5.74) is -1.95. The predicted molar refractivity (Wildman–Crippen MR) is 110 cm³/mol. The normalized spacial score (nSPS) is 14.8. The van der Waals surface area contributed by atoms with Gasteiger partial charge in [0.1, 0.15) is 17.1 Å². The van der Waals surface area contributed by atoms with Gasteiger partial charge < -0.3 is 14.2 Å². The number of hydrogen-bond donors (Lipinski definition) is 0. The quantitative estimate of drug-likeness (QED) is 0.301. The van der Waals surface area contributed by atoms with Crippen LogP contribution in [0.4, 0.5) is 5.69 Å². The van der Waals surface area contributed by atoms with Crippen molar-refractivity contribution in [3.05, 3.63) is 49.7 Å². The van der Waals surface area contributed by atoms with Gasteiger partial charge in [-0.05, 0) is 13.8 Å². The lowest BCUT2D eigenvalue weighted by molar-refractivity contribution is -0.386. The van der Waals surface area contributed by atoms with Crippen LogP contribution in [0.15, 0.2) is 26.5 Å². The molecule has 1 aliphatic rings. The molecule has 2 aromatic heterocycles. The molecule has 33 heavy (non-hydrogen) atoms. The molecule has 0 N–H and O–H groups in total. The second-order valence-corrected chi connectivity index (χ2v) is 9.11. The number of carbonyl (C=O) groups excluding carboxylic acids is 2. The van der Waals surface area contributed by atoms with Gasteiger partial charge in [-0.3, -0.25) is 24.3 Å². The number of methoxy groups -OCH3 is 1. The molecule has 1 saturated heterocycles. The van der Waals surface area contributed by atoms with E-state index in [1.165, 1.54) is 23.1 Å². The summed E-state index contributed by atoms with van der Waals surface area (Å²) in [5.74, 6) is -1.31. The summed E-state index contributed by atoms with van der Waals surface area (Å²) < 4.78 is 37.2. The van der Waals surface area contributed by atoms with Crippen LogP contribution < -0.4 is 5.56 Å². The number of carbonyl (C=O) groups is 2. The zero-order valence-corrected chi connectivity index (χ0v) is 18.8. The molecular weight excluding hydrogens is 462 g/mol. The topological polar surface area (TPSA) is 175 Å². The third-order valence-corrected chi connectivity index (χ3v) is 7.29. The first-order valence-electron chi connectivity index (χ1n) is 9.65. The Morgan fingerprint density at radius 3 is 2.39 bits per heavy atom. The lowest BCUT2D eigenvalue weighted by Crippen LogP contribution is -2.51. The Labute approximate surface area is 187 Å². The number of aromatic nitrogens is 2. The average molecular weight is 483 g/mol. The largest absolute Gasteiger partial charge is 0.465 e. The molecule has 3 rings (SSSR count). The second kappa shape index (κ2) is 9.11. The van der Waals surface area contributed by atoms with E-state index in [0.717, 1.165) is 23.9 Å². The Hall–Kier alpha value is -3.59. The number of aryl methyl sites for hydroxylation is 2. The highest BCUT2D eigenvalue weighted by molar-refractivity contribution is 7.89. The van der Waals surface area contributed by atoms with Crippen LogP contribution in [0.3, 0.4) is 0 Å². The predicted octanol–water partition coefficient (Wildman–Crippen LogP) is -0.319. The van der Waals surface area contributed by atoms with Crippen molar-refractivity contribution in [3.63, 3.8) is 0 Å². The van der Waals surface area contributed by atoms with Crippen LogP contribution in [0.1, 0.15) is 21.8 Å². The number of sulfonamides is 1. The number of nitro groups is 1. The van der Waals surface area contributed by atoms with Crippen molar-refractivity contribution in [2.75, 3.05) is 33.3 Å². The van der Waals surface area contributed by atoms with Crippen molar-refractivity contribution < 1.29 is 32.2 Å². The number of amides is 1. The molecule has 0 aromatic carbocycles. The van der Waals surface area contributed by atoms with E-state index >= 15 is 0 Å². The highest BCUT2D eigenvalue weighted by Crippen LogP contribution is 2.24. The molecule has 1 fully saturated rings. The number of esters is 1. The number of nitrogens with zero attached hydrogens (tertiary/aromatic N) is 5. The van der Waals surface area contributed by atoms with Crippen LogP contribution in [0.2, 0.25) is 0 Å². The van der Waals surface area contributed by atoms with Gasteiger partial charge >= 0.3 is 17.2 Å². The summed E-state index contributed by atoms with van der Waals surface area (Å²) >= 11 is 0. The highest BCUT2D eigenvalue weighted by Gasteiger charge is 2.34. The molecule has 0 bridgehead atoms. The summed E-state index contributed by atoms with van der Waals surface area (Å²) in [6, 6.07) is 0.785. The first kappa shape index (κ1) is 24.1. The van der Waals surface area contributed by atoms with Gasteiger partial charge in [-0.25, -0.2) is 13.2 Å². The summed E-state index contributed by atoms with van der Waals surface area (Å²) in [7, 11) is -2.80. The molecule has 14 nitrogen and oxygen atoms in total. The van der Waals surface area contributed by atoms with Crippen LogP contribution in [0.5, 0.6) is 0 Å². The summed E-state index contributed by atoms with van der Waals surface area (Å²) in [6.45, 7) is 2.50. The maximum Gasteiger partial charge on any atom is 0.339 e. The van der Waals surface area contributed by atoms with Crippen LogP contribution in [-0.4, -0.2) is 77.4 Å². The van der Waals surface area contributed by atoms with E-state index in [1.54, 1.807) is 0 Å². The summed E-state index contributed by atoms with van der Waals surface area (Å²) in [6.07, 6.45) is 1.01. The fourth-order valence-corrected chi connectivity index (χ4v) is 5.21. The van der Waals surface area contributed by atoms with E-state index in [0.29, 0.717) is 0 Å². The standard InChI is InChI=1S/C18H21N5O9S/c1-11-16(12(2)32-19-11)33(29,30)22-6-4-20(5-7-22)15(24)10-21-9-13(18(26)31-3)8-14(17(21)25)23(27)28/h8-9H,4-7,10H2,1-3H3. The molecule has 0 aliphatic carbocycles. The van der Waals surface area contributed by atoms with E-state index in [2.05, 4.69) is 9.89 Å². The van der Waals surface area contributed by atoms with Gasteiger partial charge in [-0.1, -0.05) is 5.16 Å². The monoisotopic (exact) mass is 483 g/mol. The zero-order chi connectivity index (χ0) is 24.5. The number of piperazine rings is 1. The number of rotatable bonds is 6. The average Bonchev–Trinajstić information content (AvgIpc) is 3.12. The molecule has 0 saturated carbocycles. The smallest absolute Gasteiger partial charge is 0.339 e. The minimum Gasteiger partial charge on any atom is -0.465 e. The maximum absolute atomic E-state index is 12.9. The summed E-state index contributed by atoms with van der Waals surface area (Å²) in [4.78, 5) is 48.4. The lowest BCUT2D eigenvalue weighted by atomic mass is 10.2. The molecule has 2 aromatic rings. The molecule has 3 heterocycles. The number of hydrogen-bond acceptors (Lipinski definition) is 10. The van der Waals surface area contributed by atoms with Gasteiger partial charge in [0.25, 0.3) is 0 Å². The van der Waals surface area contributed by atoms with Crippen molar-refractivity contribution in [3.8, 4) is 0 Å². The van der Waals surface area contributed by atoms with Crippen LogP contribution in [0, 0.1) is 24.0 Å². The summed E-state index contributed by atoms with van der Waals surface area (Å²) in [5, 5.41) is 14.8. The van der Waals surface area contributed by atoms with E-state index in [-0.39, 0.29) is 48.1 Å². The highest BCUT2D eigenvalue weighted by atomic mass is 32.2. The van der Waals surface area contributed by atoms with E-state index < -0.39 is 44.6 Å². The Morgan fingerprint density at radius 1 is 1.24 bits per heavy atom. The minimum absolute atomic E-state index is 0.00458. The van der Waals surface area contributed by atoms with Gasteiger partial charge in [0.05, 0.1) is 17.6 Å². The first-order chi connectivity index (χ1) is 15.5. The number of ether oxygens (including phenoxy) is 1. The van der Waals surface area contributed by atoms with Crippen LogP contribution in [-0.2, 0) is 26.1 Å². The van der Waals surface area contributed by atoms with Crippen LogP contribution in [0.25, 0.3) is 0 Å². The molecule has 0 spiro atoms. The Morgan fingerprint density at radius 2 is 1.88 bits per heavy atom. The van der Waals surface area contributed by atoms with Crippen molar-refractivity contribution in [1.29, 1.82) is 0 Å². The molecule has 0 unspecified atom stereocenters. The molecule has 0 radical (unpaired) electrons. The van der Waals surface area contributed by atoms with Crippen molar-refractivity contribution >= 4 is 27.6 Å². The van der Waals surface area contributed by atoms with E-state index in [4.69, 9.17) is 4.52 Å². The van der Waals surface area contributed by atoms with Crippen molar-refractivity contribution in [2.24, 2.45) is 0 Å². The van der Waals surface area contributed by atoms with Crippen molar-refractivity contribution in [1.82, 2.24) is 18.9 Å². The van der Waals surface area contributed by atoms with E-state index in [9.17, 15) is 32.9 Å². The van der Waals surface area contributed by atoms with Crippen LogP contribution >= 0.6 is 0 Å².